The molecule has 0 unspecified atom stereocenters. The van der Waals surface area contributed by atoms with Crippen LogP contribution in [0.5, 0.6) is 0 Å². The molecule has 30 heavy (non-hydrogen) atoms. The molecule has 1 aliphatic carbocycles. The minimum atomic E-state index is 0.187. The molecule has 0 saturated heterocycles. The molecule has 2 aromatic heterocycles. The highest BCUT2D eigenvalue weighted by atomic mass is 16.1. The number of aromatic nitrogens is 2. The second kappa shape index (κ2) is 8.31. The van der Waals surface area contributed by atoms with Gasteiger partial charge in [0, 0.05) is 28.8 Å². The quantitative estimate of drug-likeness (QED) is 0.434. The number of aromatic amines is 1. The van der Waals surface area contributed by atoms with Crippen LogP contribution >= 0.6 is 0 Å². The van der Waals surface area contributed by atoms with Crippen LogP contribution in [0, 0.1) is 0 Å². The van der Waals surface area contributed by atoms with E-state index in [0.717, 1.165) is 53.5 Å². The van der Waals surface area contributed by atoms with Crippen molar-refractivity contribution in [3.05, 3.63) is 66.2 Å². The molecule has 1 fully saturated rings. The first kappa shape index (κ1) is 18.9. The Bertz CT molecular complexity index is 1190. The minimum absolute atomic E-state index is 0.187. The maximum absolute atomic E-state index is 12.4. The van der Waals surface area contributed by atoms with Gasteiger partial charge in [-0.2, -0.15) is 0 Å². The number of carbonyl (C=O) groups excluding carboxylic acids is 1. The van der Waals surface area contributed by atoms with Gasteiger partial charge in [0.15, 0.2) is 0 Å². The maximum atomic E-state index is 12.4. The van der Waals surface area contributed by atoms with E-state index < -0.39 is 0 Å². The number of fused-ring (bicyclic) bond motifs is 2. The molecule has 0 spiro atoms. The lowest BCUT2D eigenvalue weighted by Crippen LogP contribution is -2.32. The number of aryl methyl sites for hydroxylation is 1. The smallest absolute Gasteiger partial charge is 0.220 e. The van der Waals surface area contributed by atoms with Crippen molar-refractivity contribution in [1.29, 1.82) is 0 Å². The summed E-state index contributed by atoms with van der Waals surface area (Å²) in [6, 6.07) is 21.2. The lowest BCUT2D eigenvalue weighted by molar-refractivity contribution is -0.121. The standard InChI is InChI=1S/C26H27N3O/c30-25(27-19-9-2-3-10-19)15-7-12-21-20-11-4-6-14-23(20)29-26(21)24-17-16-18-8-1-5-13-22(18)28-24/h1,4-6,8,11,13-14,16-17,19,29H,2-3,7,9-10,12,15H2,(H,27,30). The SMILES string of the molecule is O=C(CCCc1c(-c2ccc3ccccc3n2)[nH]c2ccccc12)NC1CCCC1. The van der Waals surface area contributed by atoms with Crippen molar-refractivity contribution in [2.24, 2.45) is 0 Å². The van der Waals surface area contributed by atoms with E-state index in [4.69, 9.17) is 4.98 Å². The van der Waals surface area contributed by atoms with Crippen LogP contribution in [-0.2, 0) is 11.2 Å². The van der Waals surface area contributed by atoms with E-state index in [2.05, 4.69) is 58.8 Å². The number of carbonyl (C=O) groups is 1. The molecule has 152 valence electrons. The second-order valence-electron chi connectivity index (χ2n) is 8.32. The number of para-hydroxylation sites is 2. The van der Waals surface area contributed by atoms with Crippen LogP contribution in [0.15, 0.2) is 60.7 Å². The molecule has 0 atom stereocenters. The molecule has 5 rings (SSSR count). The van der Waals surface area contributed by atoms with Crippen LogP contribution in [0.4, 0.5) is 0 Å². The van der Waals surface area contributed by atoms with Gasteiger partial charge in [0.1, 0.15) is 0 Å². The summed E-state index contributed by atoms with van der Waals surface area (Å²) in [5, 5.41) is 5.57. The Hall–Kier alpha value is -3.14. The minimum Gasteiger partial charge on any atom is -0.353 e. The lowest BCUT2D eigenvalue weighted by atomic mass is 10.0. The second-order valence-corrected chi connectivity index (χ2v) is 8.32. The van der Waals surface area contributed by atoms with Gasteiger partial charge >= 0.3 is 0 Å². The third-order valence-electron chi connectivity index (χ3n) is 6.22. The summed E-state index contributed by atoms with van der Waals surface area (Å²) in [4.78, 5) is 20.8. The molecular formula is C26H27N3O. The van der Waals surface area contributed by atoms with Gasteiger partial charge in [0.2, 0.25) is 5.91 Å². The Morgan fingerprint density at radius 2 is 1.80 bits per heavy atom. The monoisotopic (exact) mass is 397 g/mol. The molecule has 4 aromatic rings. The van der Waals surface area contributed by atoms with Crippen LogP contribution in [0.1, 0.15) is 44.1 Å². The summed E-state index contributed by atoms with van der Waals surface area (Å²) in [7, 11) is 0. The van der Waals surface area contributed by atoms with Gasteiger partial charge in [0.05, 0.1) is 16.9 Å². The summed E-state index contributed by atoms with van der Waals surface area (Å²) in [5.74, 6) is 0.187. The number of nitrogens with zero attached hydrogens (tertiary/aromatic N) is 1. The molecule has 1 saturated carbocycles. The molecule has 2 heterocycles. The maximum Gasteiger partial charge on any atom is 0.220 e. The third kappa shape index (κ3) is 3.82. The van der Waals surface area contributed by atoms with Crippen LogP contribution in [0.2, 0.25) is 0 Å². The Labute approximate surface area is 176 Å². The van der Waals surface area contributed by atoms with Crippen molar-refractivity contribution < 1.29 is 4.79 Å². The molecule has 0 aliphatic heterocycles. The van der Waals surface area contributed by atoms with E-state index in [1.807, 2.05) is 12.1 Å². The first-order valence-corrected chi connectivity index (χ1v) is 11.0. The normalized spacial score (nSPS) is 14.5. The number of pyridine rings is 1. The van der Waals surface area contributed by atoms with Gasteiger partial charge in [-0.05, 0) is 49.4 Å². The Kier molecular flexibility index (Phi) is 5.22. The number of benzene rings is 2. The van der Waals surface area contributed by atoms with Gasteiger partial charge < -0.3 is 10.3 Å². The zero-order valence-corrected chi connectivity index (χ0v) is 17.2. The fourth-order valence-corrected chi connectivity index (χ4v) is 4.68. The molecule has 0 radical (unpaired) electrons. The number of H-pyrrole nitrogens is 1. The van der Waals surface area contributed by atoms with E-state index in [0.29, 0.717) is 12.5 Å². The highest BCUT2D eigenvalue weighted by Crippen LogP contribution is 2.31. The van der Waals surface area contributed by atoms with Crippen molar-refractivity contribution >= 4 is 27.7 Å². The van der Waals surface area contributed by atoms with Crippen molar-refractivity contribution in [3.8, 4) is 11.4 Å². The average Bonchev–Trinajstić information content (AvgIpc) is 3.41. The van der Waals surface area contributed by atoms with Crippen molar-refractivity contribution in [2.75, 3.05) is 0 Å². The highest BCUT2D eigenvalue weighted by molar-refractivity contribution is 5.91. The first-order chi connectivity index (χ1) is 14.8. The number of nitrogens with one attached hydrogen (secondary N) is 2. The predicted octanol–water partition coefficient (Wildman–Crippen LogP) is 5.76. The Morgan fingerprint density at radius 1 is 1.00 bits per heavy atom. The van der Waals surface area contributed by atoms with Crippen LogP contribution in [0.3, 0.4) is 0 Å². The summed E-state index contributed by atoms with van der Waals surface area (Å²) < 4.78 is 0. The molecular weight excluding hydrogens is 370 g/mol. The van der Waals surface area contributed by atoms with Gasteiger partial charge in [-0.25, -0.2) is 4.98 Å². The summed E-state index contributed by atoms with van der Waals surface area (Å²) in [5.41, 5.74) is 5.39. The van der Waals surface area contributed by atoms with E-state index in [-0.39, 0.29) is 5.91 Å². The molecule has 4 nitrogen and oxygen atoms in total. The first-order valence-electron chi connectivity index (χ1n) is 11.0. The fourth-order valence-electron chi connectivity index (χ4n) is 4.68. The molecule has 2 N–H and O–H groups in total. The van der Waals surface area contributed by atoms with Gasteiger partial charge in [0.25, 0.3) is 0 Å². The summed E-state index contributed by atoms with van der Waals surface area (Å²) in [6.45, 7) is 0. The Morgan fingerprint density at radius 3 is 2.70 bits per heavy atom. The zero-order valence-electron chi connectivity index (χ0n) is 17.2. The summed E-state index contributed by atoms with van der Waals surface area (Å²) >= 11 is 0. The summed E-state index contributed by atoms with van der Waals surface area (Å²) in [6.07, 6.45) is 7.00. The molecule has 1 amide bonds. The topological polar surface area (TPSA) is 57.8 Å². The van der Waals surface area contributed by atoms with Crippen molar-refractivity contribution in [1.82, 2.24) is 15.3 Å². The van der Waals surface area contributed by atoms with Crippen LogP contribution < -0.4 is 5.32 Å². The number of hydrogen-bond acceptors (Lipinski definition) is 2. The van der Waals surface area contributed by atoms with E-state index in [1.54, 1.807) is 0 Å². The van der Waals surface area contributed by atoms with Crippen molar-refractivity contribution in [2.45, 2.75) is 51.0 Å². The molecule has 4 heteroatoms. The van der Waals surface area contributed by atoms with Gasteiger partial charge in [-0.15, -0.1) is 0 Å². The average molecular weight is 398 g/mol. The lowest BCUT2D eigenvalue weighted by Gasteiger charge is -2.12. The zero-order chi connectivity index (χ0) is 20.3. The number of hydrogen-bond donors (Lipinski definition) is 2. The predicted molar refractivity (Wildman–Crippen MR) is 122 cm³/mol. The van der Waals surface area contributed by atoms with E-state index in [9.17, 15) is 4.79 Å². The fraction of sp³-hybridized carbons (Fsp3) is 0.308. The molecule has 2 aromatic carbocycles. The molecule has 1 aliphatic rings. The number of rotatable bonds is 6. The number of amides is 1. The van der Waals surface area contributed by atoms with E-state index >= 15 is 0 Å². The van der Waals surface area contributed by atoms with Gasteiger partial charge in [-0.3, -0.25) is 4.79 Å². The van der Waals surface area contributed by atoms with Crippen LogP contribution in [-0.4, -0.2) is 21.9 Å². The Balaban J connectivity index is 1.39. The molecule has 0 bridgehead atoms. The van der Waals surface area contributed by atoms with Crippen LogP contribution in [0.25, 0.3) is 33.2 Å². The highest BCUT2D eigenvalue weighted by Gasteiger charge is 2.18. The third-order valence-corrected chi connectivity index (χ3v) is 6.22. The largest absolute Gasteiger partial charge is 0.353 e. The van der Waals surface area contributed by atoms with E-state index in [1.165, 1.54) is 23.8 Å². The van der Waals surface area contributed by atoms with Crippen molar-refractivity contribution in [3.63, 3.8) is 0 Å². The van der Waals surface area contributed by atoms with Gasteiger partial charge in [-0.1, -0.05) is 55.3 Å².